The van der Waals surface area contributed by atoms with Gasteiger partial charge in [0.25, 0.3) is 0 Å². The highest BCUT2D eigenvalue weighted by Crippen LogP contribution is 2.37. The minimum absolute atomic E-state index is 0.126. The molecule has 2 heterocycles. The smallest absolute Gasteiger partial charge is 0.346 e. The van der Waals surface area contributed by atoms with E-state index in [1.165, 1.54) is 42.5 Å². The Labute approximate surface area is 170 Å². The number of allylic oxidation sites excluding steroid dienone is 1. The molecule has 2 aliphatic heterocycles. The second kappa shape index (κ2) is 7.04. The minimum atomic E-state index is -0.839. The lowest BCUT2D eigenvalue weighted by Gasteiger charge is -2.06. The summed E-state index contributed by atoms with van der Waals surface area (Å²) in [5, 5.41) is 0. The lowest BCUT2D eigenvalue weighted by atomic mass is 10.1. The van der Waals surface area contributed by atoms with E-state index in [-0.39, 0.29) is 35.4 Å². The molecule has 0 atom stereocenters. The van der Waals surface area contributed by atoms with Crippen molar-refractivity contribution in [2.24, 2.45) is 0 Å². The number of ether oxygens (including phenoxy) is 4. The number of rotatable bonds is 3. The van der Waals surface area contributed by atoms with Crippen molar-refractivity contribution >= 4 is 17.8 Å². The van der Waals surface area contributed by atoms with Crippen LogP contribution in [0.25, 0.3) is 6.08 Å². The van der Waals surface area contributed by atoms with Crippen molar-refractivity contribution in [3.05, 3.63) is 88.9 Å². The van der Waals surface area contributed by atoms with Crippen LogP contribution in [0.2, 0.25) is 0 Å². The first-order chi connectivity index (χ1) is 14.6. The molecule has 3 aromatic rings. The van der Waals surface area contributed by atoms with Gasteiger partial charge in [-0.2, -0.15) is 0 Å². The average molecular weight is 404 g/mol. The first-order valence-electron chi connectivity index (χ1n) is 9.03. The third-order valence-electron chi connectivity index (χ3n) is 4.64. The molecule has 0 unspecified atom stereocenters. The predicted octanol–water partition coefficient (Wildman–Crippen LogP) is 4.39. The fraction of sp³-hybridized carbons (Fsp3) is 0.0435. The molecule has 0 amide bonds. The zero-order valence-corrected chi connectivity index (χ0v) is 15.4. The molecule has 0 aromatic heterocycles. The fourth-order valence-corrected chi connectivity index (χ4v) is 3.17. The highest BCUT2D eigenvalue weighted by atomic mass is 19.1. The van der Waals surface area contributed by atoms with Crippen LogP contribution in [0.5, 0.6) is 23.0 Å². The molecule has 30 heavy (non-hydrogen) atoms. The fourth-order valence-electron chi connectivity index (χ4n) is 3.17. The molecular formula is C23H13FO6. The molecule has 6 nitrogen and oxygen atoms in total. The summed E-state index contributed by atoms with van der Waals surface area (Å²) in [6.45, 7) is 0.157. The Hall–Kier alpha value is -4.13. The van der Waals surface area contributed by atoms with Gasteiger partial charge in [-0.1, -0.05) is 18.2 Å². The number of hydrogen-bond acceptors (Lipinski definition) is 6. The molecule has 0 radical (unpaired) electrons. The van der Waals surface area contributed by atoms with E-state index in [0.29, 0.717) is 22.6 Å². The van der Waals surface area contributed by atoms with Crippen molar-refractivity contribution in [3.63, 3.8) is 0 Å². The maximum absolute atomic E-state index is 13.8. The first-order valence-corrected chi connectivity index (χ1v) is 9.03. The van der Waals surface area contributed by atoms with Crippen LogP contribution in [0.15, 0.2) is 66.4 Å². The Balaban J connectivity index is 1.38. The van der Waals surface area contributed by atoms with Gasteiger partial charge in [0.1, 0.15) is 17.3 Å². The highest BCUT2D eigenvalue weighted by Gasteiger charge is 2.28. The van der Waals surface area contributed by atoms with E-state index in [0.717, 1.165) is 0 Å². The summed E-state index contributed by atoms with van der Waals surface area (Å²) in [6, 6.07) is 15.2. The van der Waals surface area contributed by atoms with E-state index in [4.69, 9.17) is 18.9 Å². The molecule has 0 spiro atoms. The number of esters is 1. The normalized spacial score (nSPS) is 15.1. The van der Waals surface area contributed by atoms with Gasteiger partial charge in [0, 0.05) is 6.07 Å². The number of Topliss-reactive ketones (excluding diaryl/α,β-unsaturated/α-hetero) is 1. The second-order valence-corrected chi connectivity index (χ2v) is 6.58. The summed E-state index contributed by atoms with van der Waals surface area (Å²) in [7, 11) is 0. The van der Waals surface area contributed by atoms with Crippen LogP contribution >= 0.6 is 0 Å². The Kier molecular flexibility index (Phi) is 4.21. The predicted molar refractivity (Wildman–Crippen MR) is 103 cm³/mol. The molecule has 3 aromatic carbocycles. The SMILES string of the molecule is O=C(Oc1ccc2c(c1)O/C(=C/c1ccc3c(c1)OCO3)C2=O)c1ccccc1F. The third-order valence-corrected chi connectivity index (χ3v) is 4.64. The average Bonchev–Trinajstić information content (AvgIpc) is 3.32. The van der Waals surface area contributed by atoms with Crippen molar-refractivity contribution in [1.29, 1.82) is 0 Å². The standard InChI is InChI=1S/C23H13FO6/c24-17-4-2-1-3-15(17)23(26)29-14-6-7-16-19(11-14)30-21(22(16)25)10-13-5-8-18-20(9-13)28-12-27-18/h1-11H,12H2/b21-10+. The highest BCUT2D eigenvalue weighted by molar-refractivity contribution is 6.14. The van der Waals surface area contributed by atoms with Gasteiger partial charge < -0.3 is 18.9 Å². The zero-order chi connectivity index (χ0) is 20.7. The number of halogens is 1. The van der Waals surface area contributed by atoms with Crippen LogP contribution in [0.1, 0.15) is 26.3 Å². The molecule has 148 valence electrons. The summed E-state index contributed by atoms with van der Waals surface area (Å²) in [5.41, 5.74) is 0.868. The topological polar surface area (TPSA) is 71.1 Å². The van der Waals surface area contributed by atoms with E-state index in [1.54, 1.807) is 24.3 Å². The third kappa shape index (κ3) is 3.16. The maximum atomic E-state index is 13.8. The van der Waals surface area contributed by atoms with E-state index < -0.39 is 11.8 Å². The van der Waals surface area contributed by atoms with E-state index in [9.17, 15) is 14.0 Å². The summed E-state index contributed by atoms with van der Waals surface area (Å²) in [4.78, 5) is 24.8. The summed E-state index contributed by atoms with van der Waals surface area (Å²) in [5.74, 6) is -0.0614. The van der Waals surface area contributed by atoms with Crippen LogP contribution in [0.3, 0.4) is 0 Å². The molecule has 0 fully saturated rings. The number of carbonyl (C=O) groups is 2. The van der Waals surface area contributed by atoms with E-state index in [1.807, 2.05) is 0 Å². The van der Waals surface area contributed by atoms with E-state index in [2.05, 4.69) is 0 Å². The van der Waals surface area contributed by atoms with Crippen molar-refractivity contribution in [2.75, 3.05) is 6.79 Å². The molecular weight excluding hydrogens is 391 g/mol. The van der Waals surface area contributed by atoms with Gasteiger partial charge in [-0.15, -0.1) is 0 Å². The number of carbonyl (C=O) groups excluding carboxylic acids is 2. The van der Waals surface area contributed by atoms with Crippen LogP contribution in [0.4, 0.5) is 4.39 Å². The van der Waals surface area contributed by atoms with Gasteiger partial charge >= 0.3 is 5.97 Å². The Bertz CT molecular complexity index is 1230. The van der Waals surface area contributed by atoms with Crippen LogP contribution in [-0.2, 0) is 0 Å². The van der Waals surface area contributed by atoms with Crippen LogP contribution < -0.4 is 18.9 Å². The quantitative estimate of drug-likeness (QED) is 0.366. The Morgan fingerprint density at radius 1 is 0.967 bits per heavy atom. The number of benzene rings is 3. The maximum Gasteiger partial charge on any atom is 0.346 e. The van der Waals surface area contributed by atoms with Crippen molar-refractivity contribution < 1.29 is 32.9 Å². The molecule has 5 rings (SSSR count). The van der Waals surface area contributed by atoms with E-state index >= 15 is 0 Å². The zero-order valence-electron chi connectivity index (χ0n) is 15.4. The number of ketones is 1. The molecule has 0 saturated heterocycles. The van der Waals surface area contributed by atoms with Gasteiger partial charge in [-0.25, -0.2) is 9.18 Å². The number of fused-ring (bicyclic) bond motifs is 2. The molecule has 0 bridgehead atoms. The van der Waals surface area contributed by atoms with Crippen LogP contribution in [0, 0.1) is 5.82 Å². The molecule has 2 aliphatic rings. The molecule has 0 saturated carbocycles. The molecule has 0 aliphatic carbocycles. The Morgan fingerprint density at radius 3 is 2.67 bits per heavy atom. The van der Waals surface area contributed by atoms with Crippen LogP contribution in [-0.4, -0.2) is 18.5 Å². The summed E-state index contributed by atoms with van der Waals surface area (Å²) in [6.07, 6.45) is 1.59. The van der Waals surface area contributed by atoms with Gasteiger partial charge in [0.2, 0.25) is 12.6 Å². The Morgan fingerprint density at radius 2 is 1.80 bits per heavy atom. The minimum Gasteiger partial charge on any atom is -0.454 e. The number of hydrogen-bond donors (Lipinski definition) is 0. The summed E-state index contributed by atoms with van der Waals surface area (Å²) < 4.78 is 35.3. The van der Waals surface area contributed by atoms with Crippen molar-refractivity contribution in [3.8, 4) is 23.0 Å². The second-order valence-electron chi connectivity index (χ2n) is 6.58. The van der Waals surface area contributed by atoms with Crippen molar-refractivity contribution in [2.45, 2.75) is 0 Å². The largest absolute Gasteiger partial charge is 0.454 e. The molecule has 7 heteroatoms. The molecule has 0 N–H and O–H groups in total. The van der Waals surface area contributed by atoms with Crippen molar-refractivity contribution in [1.82, 2.24) is 0 Å². The summed E-state index contributed by atoms with van der Waals surface area (Å²) >= 11 is 0. The lowest BCUT2D eigenvalue weighted by Crippen LogP contribution is -2.10. The van der Waals surface area contributed by atoms with Gasteiger partial charge in [0.05, 0.1) is 11.1 Å². The van der Waals surface area contributed by atoms with Gasteiger partial charge in [-0.05, 0) is 48.0 Å². The van der Waals surface area contributed by atoms with Gasteiger partial charge in [0.15, 0.2) is 17.3 Å². The first kappa shape index (κ1) is 17.9. The van der Waals surface area contributed by atoms with Gasteiger partial charge in [-0.3, -0.25) is 4.79 Å². The monoisotopic (exact) mass is 404 g/mol. The lowest BCUT2D eigenvalue weighted by molar-refractivity contribution is 0.0729.